The maximum absolute atomic E-state index is 12.1. The number of carbonyl (C=O) groups is 1. The first-order chi connectivity index (χ1) is 11.0. The highest BCUT2D eigenvalue weighted by molar-refractivity contribution is 5.91. The molecule has 1 aromatic rings. The second kappa shape index (κ2) is 6.79. The van der Waals surface area contributed by atoms with E-state index in [9.17, 15) is 4.79 Å². The number of para-hydroxylation sites is 1. The Bertz CT molecular complexity index is 565. The van der Waals surface area contributed by atoms with E-state index in [2.05, 4.69) is 35.4 Å². The van der Waals surface area contributed by atoms with E-state index < -0.39 is 0 Å². The number of nitrogens with one attached hydrogen (secondary N) is 2. The van der Waals surface area contributed by atoms with Crippen LogP contribution in [0.15, 0.2) is 18.2 Å². The van der Waals surface area contributed by atoms with Crippen LogP contribution < -0.4 is 15.4 Å². The molecule has 5 nitrogen and oxygen atoms in total. The van der Waals surface area contributed by atoms with E-state index in [1.807, 2.05) is 12.1 Å². The second-order valence-corrected chi connectivity index (χ2v) is 7.12. The van der Waals surface area contributed by atoms with Gasteiger partial charge < -0.3 is 20.3 Å². The minimum atomic E-state index is -0.204. The lowest BCUT2D eigenvalue weighted by molar-refractivity contribution is 0.139. The number of hydrogen-bond acceptors (Lipinski definition) is 3. The fourth-order valence-electron chi connectivity index (χ4n) is 3.39. The number of amides is 2. The largest absolute Gasteiger partial charge is 0.485 e. The molecule has 0 aromatic heterocycles. The number of hydrogen-bond donors (Lipinski definition) is 2. The number of fused-ring (bicyclic) bond motifs is 1. The molecule has 0 spiro atoms. The number of ether oxygens (including phenoxy) is 1. The quantitative estimate of drug-likeness (QED) is 0.897. The molecule has 1 saturated heterocycles. The molecular formula is C18H27N3O2. The van der Waals surface area contributed by atoms with Gasteiger partial charge in [0.15, 0.2) is 0 Å². The standard InChI is InChI=1S/C18H27N3O2/c1-18(2)13-14-7-6-8-15(16(14)23-18)20-17(22)19-9-12-21-10-4-3-5-11-21/h6-8H,3-5,9-13H2,1-2H3,(H2,19,20,22). The molecule has 3 rings (SSSR count). The molecule has 0 bridgehead atoms. The van der Waals surface area contributed by atoms with Crippen molar-refractivity contribution in [1.29, 1.82) is 0 Å². The van der Waals surface area contributed by atoms with Crippen molar-refractivity contribution >= 4 is 11.7 Å². The van der Waals surface area contributed by atoms with Gasteiger partial charge in [0.2, 0.25) is 0 Å². The van der Waals surface area contributed by atoms with Gasteiger partial charge in [0.05, 0.1) is 5.69 Å². The van der Waals surface area contributed by atoms with Crippen LogP contribution in [0, 0.1) is 0 Å². The average molecular weight is 317 g/mol. The molecule has 1 aromatic carbocycles. The van der Waals surface area contributed by atoms with Gasteiger partial charge >= 0.3 is 6.03 Å². The molecule has 0 atom stereocenters. The third kappa shape index (κ3) is 4.16. The van der Waals surface area contributed by atoms with Gasteiger partial charge in [-0.3, -0.25) is 0 Å². The minimum absolute atomic E-state index is 0.163. The smallest absolute Gasteiger partial charge is 0.319 e. The highest BCUT2D eigenvalue weighted by Crippen LogP contribution is 2.40. The van der Waals surface area contributed by atoms with Crippen LogP contribution in [0.1, 0.15) is 38.7 Å². The zero-order chi connectivity index (χ0) is 16.3. The van der Waals surface area contributed by atoms with Gasteiger partial charge in [-0.1, -0.05) is 18.6 Å². The first-order valence-electron chi connectivity index (χ1n) is 8.62. The zero-order valence-electron chi connectivity index (χ0n) is 14.2. The summed E-state index contributed by atoms with van der Waals surface area (Å²) in [6, 6.07) is 5.75. The van der Waals surface area contributed by atoms with Gasteiger partial charge in [0.1, 0.15) is 11.4 Å². The van der Waals surface area contributed by atoms with Gasteiger partial charge in [0.25, 0.3) is 0 Å². The van der Waals surface area contributed by atoms with E-state index in [4.69, 9.17) is 4.74 Å². The summed E-state index contributed by atoms with van der Waals surface area (Å²) in [5.74, 6) is 0.809. The molecule has 23 heavy (non-hydrogen) atoms. The fourth-order valence-corrected chi connectivity index (χ4v) is 3.39. The zero-order valence-corrected chi connectivity index (χ0v) is 14.2. The Morgan fingerprint density at radius 1 is 1.26 bits per heavy atom. The maximum Gasteiger partial charge on any atom is 0.319 e. The lowest BCUT2D eigenvalue weighted by atomic mass is 10.0. The number of benzene rings is 1. The first kappa shape index (κ1) is 16.1. The molecule has 1 fully saturated rings. The van der Waals surface area contributed by atoms with Gasteiger partial charge in [0, 0.05) is 25.1 Å². The number of nitrogens with zero attached hydrogens (tertiary/aromatic N) is 1. The van der Waals surface area contributed by atoms with E-state index in [0.29, 0.717) is 6.54 Å². The summed E-state index contributed by atoms with van der Waals surface area (Å²) in [7, 11) is 0. The van der Waals surface area contributed by atoms with Crippen LogP contribution in [-0.2, 0) is 6.42 Å². The van der Waals surface area contributed by atoms with Gasteiger partial charge in [-0.05, 0) is 45.8 Å². The Kier molecular flexibility index (Phi) is 4.76. The molecule has 2 aliphatic heterocycles. The van der Waals surface area contributed by atoms with Crippen LogP contribution in [0.4, 0.5) is 10.5 Å². The van der Waals surface area contributed by atoms with Crippen LogP contribution in [-0.4, -0.2) is 42.7 Å². The minimum Gasteiger partial charge on any atom is -0.485 e. The van der Waals surface area contributed by atoms with Gasteiger partial charge in [-0.2, -0.15) is 0 Å². The Labute approximate surface area is 138 Å². The molecule has 0 radical (unpaired) electrons. The summed E-state index contributed by atoms with van der Waals surface area (Å²) in [5.41, 5.74) is 1.70. The van der Waals surface area contributed by atoms with E-state index in [0.717, 1.165) is 43.1 Å². The number of urea groups is 1. The topological polar surface area (TPSA) is 53.6 Å². The van der Waals surface area contributed by atoms with Crippen molar-refractivity contribution in [3.05, 3.63) is 23.8 Å². The maximum atomic E-state index is 12.1. The van der Waals surface area contributed by atoms with Crippen molar-refractivity contribution in [2.24, 2.45) is 0 Å². The molecule has 2 heterocycles. The molecule has 2 amide bonds. The molecular weight excluding hydrogens is 290 g/mol. The summed E-state index contributed by atoms with van der Waals surface area (Å²) in [6.45, 7) is 8.03. The highest BCUT2D eigenvalue weighted by atomic mass is 16.5. The predicted octanol–water partition coefficient (Wildman–Crippen LogP) is 3.01. The normalized spacial score (nSPS) is 19.7. The van der Waals surface area contributed by atoms with E-state index in [1.54, 1.807) is 0 Å². The Morgan fingerprint density at radius 3 is 2.83 bits per heavy atom. The van der Waals surface area contributed by atoms with E-state index >= 15 is 0 Å². The molecule has 126 valence electrons. The first-order valence-corrected chi connectivity index (χ1v) is 8.62. The summed E-state index contributed by atoms with van der Waals surface area (Å²) in [4.78, 5) is 14.5. The summed E-state index contributed by atoms with van der Waals surface area (Å²) < 4.78 is 5.98. The molecule has 0 aliphatic carbocycles. The number of likely N-dealkylation sites (tertiary alicyclic amines) is 1. The Balaban J connectivity index is 1.50. The van der Waals surface area contributed by atoms with Crippen molar-refractivity contribution < 1.29 is 9.53 Å². The summed E-state index contributed by atoms with van der Waals surface area (Å²) in [5, 5.41) is 5.87. The monoisotopic (exact) mass is 317 g/mol. The van der Waals surface area contributed by atoms with Gasteiger partial charge in [-0.15, -0.1) is 0 Å². The van der Waals surface area contributed by atoms with Crippen molar-refractivity contribution in [3.8, 4) is 5.75 Å². The molecule has 0 saturated carbocycles. The molecule has 2 N–H and O–H groups in total. The molecule has 2 aliphatic rings. The van der Waals surface area contributed by atoms with Crippen LogP contribution in [0.3, 0.4) is 0 Å². The van der Waals surface area contributed by atoms with Crippen molar-refractivity contribution in [3.63, 3.8) is 0 Å². The number of carbonyl (C=O) groups excluding carboxylic acids is 1. The Hall–Kier alpha value is -1.75. The van der Waals surface area contributed by atoms with Crippen LogP contribution >= 0.6 is 0 Å². The lowest BCUT2D eigenvalue weighted by Gasteiger charge is -2.26. The highest BCUT2D eigenvalue weighted by Gasteiger charge is 2.31. The summed E-state index contributed by atoms with van der Waals surface area (Å²) >= 11 is 0. The second-order valence-electron chi connectivity index (χ2n) is 7.12. The molecule has 0 unspecified atom stereocenters. The summed E-state index contributed by atoms with van der Waals surface area (Å²) in [6.07, 6.45) is 4.75. The SMILES string of the molecule is CC1(C)Cc2cccc(NC(=O)NCCN3CCCCC3)c2O1. The van der Waals surface area contributed by atoms with Crippen molar-refractivity contribution in [2.75, 3.05) is 31.5 Å². The third-order valence-corrected chi connectivity index (χ3v) is 4.50. The Morgan fingerprint density at radius 2 is 2.04 bits per heavy atom. The predicted molar refractivity (Wildman–Crippen MR) is 92.2 cm³/mol. The number of anilines is 1. The van der Waals surface area contributed by atoms with Crippen molar-refractivity contribution in [1.82, 2.24) is 10.2 Å². The average Bonchev–Trinajstić information content (AvgIpc) is 2.83. The molecule has 5 heteroatoms. The number of piperidine rings is 1. The fraction of sp³-hybridized carbons (Fsp3) is 0.611. The van der Waals surface area contributed by atoms with E-state index in [1.165, 1.54) is 19.3 Å². The van der Waals surface area contributed by atoms with Crippen LogP contribution in [0.25, 0.3) is 0 Å². The van der Waals surface area contributed by atoms with Crippen molar-refractivity contribution in [2.45, 2.75) is 45.1 Å². The van der Waals surface area contributed by atoms with E-state index in [-0.39, 0.29) is 11.6 Å². The van der Waals surface area contributed by atoms with Gasteiger partial charge in [-0.25, -0.2) is 4.79 Å². The lowest BCUT2D eigenvalue weighted by Crippen LogP contribution is -2.39. The number of rotatable bonds is 4. The van der Waals surface area contributed by atoms with Crippen LogP contribution in [0.2, 0.25) is 0 Å². The third-order valence-electron chi connectivity index (χ3n) is 4.50. The van der Waals surface area contributed by atoms with Crippen LogP contribution in [0.5, 0.6) is 5.75 Å².